The first-order valence-corrected chi connectivity index (χ1v) is 7.12. The maximum absolute atomic E-state index is 12.5. The summed E-state index contributed by atoms with van der Waals surface area (Å²) in [4.78, 5) is 12.5. The molecule has 1 saturated heterocycles. The first-order valence-electron chi connectivity index (χ1n) is 7.12. The second kappa shape index (κ2) is 6.35. The summed E-state index contributed by atoms with van der Waals surface area (Å²) >= 11 is 0. The second-order valence-corrected chi connectivity index (χ2v) is 5.59. The Kier molecular flexibility index (Phi) is 4.77. The van der Waals surface area contributed by atoms with Gasteiger partial charge in [-0.05, 0) is 25.8 Å². The summed E-state index contributed by atoms with van der Waals surface area (Å²) in [6.07, 6.45) is 2.36. The van der Waals surface area contributed by atoms with Crippen molar-refractivity contribution in [2.24, 2.45) is 0 Å². The van der Waals surface area contributed by atoms with E-state index in [2.05, 4.69) is 19.2 Å². The van der Waals surface area contributed by atoms with Crippen LogP contribution in [0.1, 0.15) is 37.9 Å². The standard InChI is InChI=1S/C15H24N2O2/c1-11(2)16-9-13-7-6-12(3)17(15(13)18)10-14-5-4-8-19-14/h6-7,11,14,16H,4-5,8-10H2,1-3H3. The van der Waals surface area contributed by atoms with Crippen LogP contribution in [0.2, 0.25) is 0 Å². The predicted octanol–water partition coefficient (Wildman–Crippen LogP) is 1.83. The minimum atomic E-state index is 0.114. The Morgan fingerprint density at radius 2 is 2.26 bits per heavy atom. The number of aryl methyl sites for hydroxylation is 1. The van der Waals surface area contributed by atoms with E-state index in [4.69, 9.17) is 4.74 Å². The van der Waals surface area contributed by atoms with Gasteiger partial charge in [0.05, 0.1) is 12.6 Å². The van der Waals surface area contributed by atoms with Crippen LogP contribution in [0.4, 0.5) is 0 Å². The summed E-state index contributed by atoms with van der Waals surface area (Å²) in [5.74, 6) is 0. The number of rotatable bonds is 5. The van der Waals surface area contributed by atoms with E-state index in [1.54, 1.807) is 0 Å². The molecule has 0 saturated carbocycles. The number of aromatic nitrogens is 1. The van der Waals surface area contributed by atoms with Gasteiger partial charge in [0.1, 0.15) is 0 Å². The van der Waals surface area contributed by atoms with Gasteiger partial charge >= 0.3 is 0 Å². The number of ether oxygens (including phenoxy) is 1. The van der Waals surface area contributed by atoms with Crippen molar-refractivity contribution in [1.29, 1.82) is 0 Å². The zero-order valence-corrected chi connectivity index (χ0v) is 12.1. The molecule has 0 aromatic carbocycles. The summed E-state index contributed by atoms with van der Waals surface area (Å²) in [7, 11) is 0. The summed E-state index contributed by atoms with van der Waals surface area (Å²) in [5, 5.41) is 3.30. The van der Waals surface area contributed by atoms with Gasteiger partial charge in [0.2, 0.25) is 0 Å². The topological polar surface area (TPSA) is 43.3 Å². The molecule has 4 nitrogen and oxygen atoms in total. The average Bonchev–Trinajstić information content (AvgIpc) is 2.86. The first-order chi connectivity index (χ1) is 9.08. The smallest absolute Gasteiger partial charge is 0.255 e. The highest BCUT2D eigenvalue weighted by molar-refractivity contribution is 5.15. The Labute approximate surface area is 114 Å². The van der Waals surface area contributed by atoms with E-state index in [1.165, 1.54) is 0 Å². The third-order valence-corrected chi connectivity index (χ3v) is 3.58. The van der Waals surface area contributed by atoms with Gasteiger partial charge in [-0.25, -0.2) is 0 Å². The maximum Gasteiger partial charge on any atom is 0.255 e. The third-order valence-electron chi connectivity index (χ3n) is 3.58. The molecule has 0 radical (unpaired) electrons. The van der Waals surface area contributed by atoms with E-state index in [1.807, 2.05) is 23.6 Å². The number of hydrogen-bond acceptors (Lipinski definition) is 3. The predicted molar refractivity (Wildman–Crippen MR) is 76.4 cm³/mol. The van der Waals surface area contributed by atoms with Gasteiger partial charge in [-0.2, -0.15) is 0 Å². The van der Waals surface area contributed by atoms with Crippen molar-refractivity contribution >= 4 is 0 Å². The van der Waals surface area contributed by atoms with Crippen molar-refractivity contribution in [2.75, 3.05) is 6.61 Å². The van der Waals surface area contributed by atoms with Crippen LogP contribution in [0.25, 0.3) is 0 Å². The van der Waals surface area contributed by atoms with Gasteiger partial charge in [0.25, 0.3) is 5.56 Å². The van der Waals surface area contributed by atoms with Crippen molar-refractivity contribution in [3.8, 4) is 0 Å². The summed E-state index contributed by atoms with van der Waals surface area (Å²) < 4.78 is 7.48. The normalized spacial score (nSPS) is 19.3. The van der Waals surface area contributed by atoms with Gasteiger partial charge < -0.3 is 14.6 Å². The third kappa shape index (κ3) is 3.67. The molecule has 1 N–H and O–H groups in total. The SMILES string of the molecule is Cc1ccc(CNC(C)C)c(=O)n1CC1CCCO1. The molecule has 0 spiro atoms. The lowest BCUT2D eigenvalue weighted by molar-refractivity contribution is 0.0955. The Balaban J connectivity index is 2.16. The Morgan fingerprint density at radius 1 is 1.47 bits per heavy atom. The zero-order valence-electron chi connectivity index (χ0n) is 12.1. The van der Waals surface area contributed by atoms with Crippen LogP contribution in [-0.4, -0.2) is 23.3 Å². The molecule has 0 bridgehead atoms. The van der Waals surface area contributed by atoms with Gasteiger partial charge in [0.15, 0.2) is 0 Å². The van der Waals surface area contributed by atoms with Crippen molar-refractivity contribution in [2.45, 2.75) is 58.8 Å². The van der Waals surface area contributed by atoms with E-state index in [9.17, 15) is 4.79 Å². The molecule has 2 heterocycles. The van der Waals surface area contributed by atoms with Crippen LogP contribution < -0.4 is 10.9 Å². The van der Waals surface area contributed by atoms with Crippen LogP contribution in [0.5, 0.6) is 0 Å². The monoisotopic (exact) mass is 264 g/mol. The van der Waals surface area contributed by atoms with Crippen LogP contribution in [0, 0.1) is 6.92 Å². The first kappa shape index (κ1) is 14.3. The van der Waals surface area contributed by atoms with Crippen LogP contribution in [0.15, 0.2) is 16.9 Å². The summed E-state index contributed by atoms with van der Waals surface area (Å²) in [6.45, 7) is 8.28. The fraction of sp³-hybridized carbons (Fsp3) is 0.667. The summed E-state index contributed by atoms with van der Waals surface area (Å²) in [5.41, 5.74) is 1.95. The highest BCUT2D eigenvalue weighted by Gasteiger charge is 2.18. The van der Waals surface area contributed by atoms with Gasteiger partial charge in [-0.15, -0.1) is 0 Å². The molecule has 4 heteroatoms. The molecule has 1 aliphatic heterocycles. The Hall–Kier alpha value is -1.13. The largest absolute Gasteiger partial charge is 0.376 e. The molecule has 1 fully saturated rings. The number of nitrogens with one attached hydrogen (secondary N) is 1. The molecule has 2 rings (SSSR count). The minimum absolute atomic E-state index is 0.114. The molecular weight excluding hydrogens is 240 g/mol. The van der Waals surface area contributed by atoms with Crippen molar-refractivity contribution < 1.29 is 4.74 Å². The molecule has 1 aromatic heterocycles. The zero-order chi connectivity index (χ0) is 13.8. The maximum atomic E-state index is 12.5. The van der Waals surface area contributed by atoms with Gasteiger partial charge in [0, 0.05) is 30.5 Å². The molecule has 0 aliphatic carbocycles. The van der Waals surface area contributed by atoms with E-state index >= 15 is 0 Å². The van der Waals surface area contributed by atoms with Gasteiger partial charge in [-0.1, -0.05) is 19.9 Å². The quantitative estimate of drug-likeness (QED) is 0.882. The van der Waals surface area contributed by atoms with Crippen LogP contribution in [0.3, 0.4) is 0 Å². The number of nitrogens with zero attached hydrogens (tertiary/aromatic N) is 1. The van der Waals surface area contributed by atoms with E-state index in [0.29, 0.717) is 19.1 Å². The molecule has 1 aromatic rings. The lowest BCUT2D eigenvalue weighted by Gasteiger charge is -2.16. The number of pyridine rings is 1. The van der Waals surface area contributed by atoms with E-state index in [0.717, 1.165) is 30.7 Å². The molecule has 1 atom stereocenters. The fourth-order valence-corrected chi connectivity index (χ4v) is 2.38. The van der Waals surface area contributed by atoms with Crippen molar-refractivity contribution in [1.82, 2.24) is 9.88 Å². The van der Waals surface area contributed by atoms with Gasteiger partial charge in [-0.3, -0.25) is 4.79 Å². The summed E-state index contributed by atoms with van der Waals surface area (Å²) in [6, 6.07) is 4.33. The molecule has 19 heavy (non-hydrogen) atoms. The van der Waals surface area contributed by atoms with Crippen LogP contribution >= 0.6 is 0 Å². The fourth-order valence-electron chi connectivity index (χ4n) is 2.38. The van der Waals surface area contributed by atoms with E-state index in [-0.39, 0.29) is 11.7 Å². The second-order valence-electron chi connectivity index (χ2n) is 5.59. The van der Waals surface area contributed by atoms with Crippen molar-refractivity contribution in [3.05, 3.63) is 33.7 Å². The molecule has 1 aliphatic rings. The lowest BCUT2D eigenvalue weighted by atomic mass is 10.2. The Bertz CT molecular complexity index is 474. The molecule has 1 unspecified atom stereocenters. The Morgan fingerprint density at radius 3 is 2.89 bits per heavy atom. The average molecular weight is 264 g/mol. The molecule has 0 amide bonds. The lowest BCUT2D eigenvalue weighted by Crippen LogP contribution is -2.33. The van der Waals surface area contributed by atoms with Crippen LogP contribution in [-0.2, 0) is 17.8 Å². The minimum Gasteiger partial charge on any atom is -0.376 e. The number of hydrogen-bond donors (Lipinski definition) is 1. The van der Waals surface area contributed by atoms with E-state index < -0.39 is 0 Å². The molecular formula is C15H24N2O2. The van der Waals surface area contributed by atoms with Crippen molar-refractivity contribution in [3.63, 3.8) is 0 Å². The highest BCUT2D eigenvalue weighted by Crippen LogP contribution is 2.14. The molecule has 106 valence electrons. The highest BCUT2D eigenvalue weighted by atomic mass is 16.5.